The van der Waals surface area contributed by atoms with Crippen LogP contribution >= 0.6 is 11.3 Å². The van der Waals surface area contributed by atoms with Crippen molar-refractivity contribution in [2.45, 2.75) is 5.41 Å². The van der Waals surface area contributed by atoms with Crippen molar-refractivity contribution >= 4 is 48.6 Å². The van der Waals surface area contributed by atoms with Gasteiger partial charge in [-0.3, -0.25) is 0 Å². The Labute approximate surface area is 372 Å². The maximum atomic E-state index is 2.48. The summed E-state index contributed by atoms with van der Waals surface area (Å²) in [5.74, 6) is 0. The molecule has 63 heavy (non-hydrogen) atoms. The molecule has 0 spiro atoms. The molecule has 1 aliphatic rings. The molecule has 0 saturated carbocycles. The lowest BCUT2D eigenvalue weighted by molar-refractivity contribution is 0.770. The van der Waals surface area contributed by atoms with Crippen LogP contribution in [0.3, 0.4) is 0 Å². The quantitative estimate of drug-likeness (QED) is 0.148. The second-order valence-electron chi connectivity index (χ2n) is 16.4. The monoisotopic (exact) mass is 819 g/mol. The lowest BCUT2D eigenvalue weighted by atomic mass is 9.67. The third kappa shape index (κ3) is 6.14. The van der Waals surface area contributed by atoms with Crippen molar-refractivity contribution < 1.29 is 0 Å². The minimum Gasteiger partial charge on any atom is -0.310 e. The highest BCUT2D eigenvalue weighted by molar-refractivity contribution is 7.26. The molecule has 0 saturated heterocycles. The Hall–Kier alpha value is -7.78. The fourth-order valence-corrected chi connectivity index (χ4v) is 11.3. The number of anilines is 3. The van der Waals surface area contributed by atoms with E-state index >= 15 is 0 Å². The Bertz CT molecular complexity index is 3320. The van der Waals surface area contributed by atoms with Crippen molar-refractivity contribution in [2.24, 2.45) is 0 Å². The van der Waals surface area contributed by atoms with E-state index in [1.807, 2.05) is 11.3 Å². The van der Waals surface area contributed by atoms with Gasteiger partial charge in [0.1, 0.15) is 0 Å². The molecular formula is C61H41NS. The van der Waals surface area contributed by atoms with Crippen molar-refractivity contribution in [3.05, 3.63) is 271 Å². The molecule has 0 radical (unpaired) electrons. The van der Waals surface area contributed by atoms with Crippen LogP contribution in [0.4, 0.5) is 17.1 Å². The summed E-state index contributed by atoms with van der Waals surface area (Å²) in [7, 11) is 0. The van der Waals surface area contributed by atoms with Crippen molar-refractivity contribution in [3.8, 4) is 44.5 Å². The number of hydrogen-bond donors (Lipinski definition) is 0. The summed E-state index contributed by atoms with van der Waals surface area (Å²) in [5.41, 5.74) is 17.8. The number of nitrogens with zero attached hydrogens (tertiary/aromatic N) is 1. The first-order valence-electron chi connectivity index (χ1n) is 21.7. The summed E-state index contributed by atoms with van der Waals surface area (Å²) in [6, 6.07) is 91.5. The van der Waals surface area contributed by atoms with Crippen molar-refractivity contribution in [1.29, 1.82) is 0 Å². The molecule has 1 aliphatic carbocycles. The molecule has 1 aromatic heterocycles. The molecule has 0 atom stereocenters. The molecule has 0 bridgehead atoms. The summed E-state index contributed by atoms with van der Waals surface area (Å²) in [4.78, 5) is 2.48. The molecule has 0 amide bonds. The lowest BCUT2D eigenvalue weighted by Crippen LogP contribution is -2.28. The van der Waals surface area contributed by atoms with Gasteiger partial charge in [-0.1, -0.05) is 200 Å². The van der Waals surface area contributed by atoms with Crippen LogP contribution in [0.2, 0.25) is 0 Å². The highest BCUT2D eigenvalue weighted by Crippen LogP contribution is 2.57. The Morgan fingerprint density at radius 2 is 0.825 bits per heavy atom. The first kappa shape index (κ1) is 37.0. The summed E-state index contributed by atoms with van der Waals surface area (Å²) < 4.78 is 2.53. The molecule has 10 aromatic carbocycles. The van der Waals surface area contributed by atoms with E-state index in [4.69, 9.17) is 0 Å². The van der Waals surface area contributed by atoms with Crippen LogP contribution in [0.5, 0.6) is 0 Å². The summed E-state index contributed by atoms with van der Waals surface area (Å²) >= 11 is 1.89. The largest absolute Gasteiger partial charge is 0.310 e. The summed E-state index contributed by atoms with van der Waals surface area (Å²) in [6.45, 7) is 0. The van der Waals surface area contributed by atoms with Gasteiger partial charge in [-0.05, 0) is 115 Å². The zero-order valence-electron chi connectivity index (χ0n) is 34.5. The number of thiophene rings is 1. The topological polar surface area (TPSA) is 3.24 Å². The van der Waals surface area contributed by atoms with Crippen LogP contribution < -0.4 is 4.90 Å². The van der Waals surface area contributed by atoms with E-state index < -0.39 is 5.41 Å². The summed E-state index contributed by atoms with van der Waals surface area (Å²) in [5, 5.41) is 2.51. The Kier molecular flexibility index (Phi) is 8.98. The van der Waals surface area contributed by atoms with Crippen LogP contribution in [0.25, 0.3) is 64.7 Å². The molecule has 296 valence electrons. The molecule has 12 rings (SSSR count). The second kappa shape index (κ2) is 15.3. The fourth-order valence-electron chi connectivity index (χ4n) is 10.1. The first-order chi connectivity index (χ1) is 31.2. The average molecular weight is 820 g/mol. The van der Waals surface area contributed by atoms with Gasteiger partial charge in [-0.25, -0.2) is 0 Å². The lowest BCUT2D eigenvalue weighted by Gasteiger charge is -2.34. The van der Waals surface area contributed by atoms with Crippen molar-refractivity contribution in [1.82, 2.24) is 0 Å². The SMILES string of the molecule is c1ccc(-c2ccc(N(c3cc(-c4ccccc4)cc(-c4ccccc4)c3)c3cccc4sc5cc(C6(c7ccccc7)c7ccccc7-c7ccccc76)ccc5c34)cc2)cc1. The van der Waals surface area contributed by atoms with E-state index in [2.05, 4.69) is 254 Å². The standard InChI is InChI=1S/C61H41NS/c1-5-18-42(19-6-1)45-32-35-50(36-33-45)62(51-39-46(43-20-7-2-8-21-43)38-47(40-51)44-22-9-3-10-23-44)57-30-17-31-58-60(57)54-37-34-49(41-59(54)63-58)61(48-24-11-4-12-25-48)55-28-15-13-26-52(55)53-27-14-16-29-56(53)61/h1-41H. The van der Waals surface area contributed by atoms with Crippen LogP contribution in [0.1, 0.15) is 22.3 Å². The third-order valence-electron chi connectivity index (χ3n) is 12.9. The molecule has 0 aliphatic heterocycles. The van der Waals surface area contributed by atoms with E-state index in [1.54, 1.807) is 0 Å². The van der Waals surface area contributed by atoms with E-state index in [0.29, 0.717) is 0 Å². The Morgan fingerprint density at radius 1 is 0.317 bits per heavy atom. The second-order valence-corrected chi connectivity index (χ2v) is 17.5. The molecule has 11 aromatic rings. The van der Waals surface area contributed by atoms with Crippen LogP contribution in [0.15, 0.2) is 249 Å². The van der Waals surface area contributed by atoms with E-state index in [0.717, 1.165) is 17.1 Å². The van der Waals surface area contributed by atoms with Gasteiger partial charge < -0.3 is 4.90 Å². The van der Waals surface area contributed by atoms with Crippen LogP contribution in [0, 0.1) is 0 Å². The van der Waals surface area contributed by atoms with Crippen LogP contribution in [-0.4, -0.2) is 0 Å². The minimum absolute atomic E-state index is 0.458. The molecule has 0 N–H and O–H groups in total. The zero-order valence-corrected chi connectivity index (χ0v) is 35.3. The van der Waals surface area contributed by atoms with Gasteiger partial charge in [-0.2, -0.15) is 0 Å². The molecule has 2 heteroatoms. The normalized spacial score (nSPS) is 12.6. The average Bonchev–Trinajstić information content (AvgIpc) is 3.89. The highest BCUT2D eigenvalue weighted by Gasteiger charge is 2.46. The molecule has 0 fully saturated rings. The van der Waals surface area contributed by atoms with Gasteiger partial charge in [-0.15, -0.1) is 11.3 Å². The zero-order chi connectivity index (χ0) is 41.7. The molecule has 1 nitrogen and oxygen atoms in total. The highest BCUT2D eigenvalue weighted by atomic mass is 32.1. The number of hydrogen-bond acceptors (Lipinski definition) is 2. The number of rotatable bonds is 8. The number of benzene rings is 10. The third-order valence-corrected chi connectivity index (χ3v) is 14.0. The Balaban J connectivity index is 1.09. The van der Waals surface area contributed by atoms with Crippen molar-refractivity contribution in [3.63, 3.8) is 0 Å². The smallest absolute Gasteiger partial charge is 0.0714 e. The van der Waals surface area contributed by atoms with E-state index in [-0.39, 0.29) is 0 Å². The van der Waals surface area contributed by atoms with Crippen LogP contribution in [-0.2, 0) is 5.41 Å². The molecule has 0 unspecified atom stereocenters. The predicted molar refractivity (Wildman–Crippen MR) is 268 cm³/mol. The van der Waals surface area contributed by atoms with E-state index in [9.17, 15) is 0 Å². The van der Waals surface area contributed by atoms with Gasteiger partial charge in [0.05, 0.1) is 11.1 Å². The van der Waals surface area contributed by atoms with Gasteiger partial charge in [0.2, 0.25) is 0 Å². The predicted octanol–water partition coefficient (Wildman–Crippen LogP) is 16.9. The molecular weight excluding hydrogens is 779 g/mol. The van der Waals surface area contributed by atoms with Gasteiger partial charge in [0, 0.05) is 31.5 Å². The maximum absolute atomic E-state index is 2.48. The summed E-state index contributed by atoms with van der Waals surface area (Å²) in [6.07, 6.45) is 0. The Morgan fingerprint density at radius 3 is 1.41 bits per heavy atom. The van der Waals surface area contributed by atoms with E-state index in [1.165, 1.54) is 86.9 Å². The van der Waals surface area contributed by atoms with Gasteiger partial charge in [0.25, 0.3) is 0 Å². The maximum Gasteiger partial charge on any atom is 0.0714 e. The van der Waals surface area contributed by atoms with Gasteiger partial charge >= 0.3 is 0 Å². The fraction of sp³-hybridized carbons (Fsp3) is 0.0164. The first-order valence-corrected chi connectivity index (χ1v) is 22.5. The molecule has 1 heterocycles. The van der Waals surface area contributed by atoms with Gasteiger partial charge in [0.15, 0.2) is 0 Å². The number of fused-ring (bicyclic) bond motifs is 6. The minimum atomic E-state index is -0.458. The van der Waals surface area contributed by atoms with Crippen molar-refractivity contribution in [2.75, 3.05) is 4.90 Å².